The van der Waals surface area contributed by atoms with Gasteiger partial charge in [0.05, 0.1) is 30.2 Å². The summed E-state index contributed by atoms with van der Waals surface area (Å²) < 4.78 is 9.85. The second-order valence-electron chi connectivity index (χ2n) is 5.86. The van der Waals surface area contributed by atoms with Gasteiger partial charge >= 0.3 is 5.97 Å². The SMILES string of the molecule is COc1cc([N+](=O)[O-])ccc1NC(=O)COC(=O)CCNC(=O)c1ccc(Cl)cc1. The minimum absolute atomic E-state index is 0.0259. The normalized spacial score (nSPS) is 10.1. The number of esters is 1. The Morgan fingerprint density at radius 2 is 1.83 bits per heavy atom. The number of rotatable bonds is 9. The van der Waals surface area contributed by atoms with Crippen molar-refractivity contribution in [2.24, 2.45) is 0 Å². The average Bonchev–Trinajstić information content (AvgIpc) is 2.72. The molecule has 0 bridgehead atoms. The third-order valence-corrected chi connectivity index (χ3v) is 4.01. The van der Waals surface area contributed by atoms with Crippen molar-refractivity contribution in [3.8, 4) is 5.75 Å². The fourth-order valence-corrected chi connectivity index (χ4v) is 2.41. The van der Waals surface area contributed by atoms with Crippen molar-refractivity contribution in [2.45, 2.75) is 6.42 Å². The van der Waals surface area contributed by atoms with Crippen LogP contribution in [0.4, 0.5) is 11.4 Å². The first kappa shape index (κ1) is 22.6. The maximum atomic E-state index is 11.9. The molecule has 2 aromatic carbocycles. The van der Waals surface area contributed by atoms with Gasteiger partial charge in [0.2, 0.25) is 0 Å². The summed E-state index contributed by atoms with van der Waals surface area (Å²) in [5.74, 6) is -1.62. The summed E-state index contributed by atoms with van der Waals surface area (Å²) in [5.41, 5.74) is 0.389. The monoisotopic (exact) mass is 435 g/mol. The van der Waals surface area contributed by atoms with Crippen molar-refractivity contribution in [1.29, 1.82) is 0 Å². The number of ether oxygens (including phenoxy) is 2. The molecule has 30 heavy (non-hydrogen) atoms. The van der Waals surface area contributed by atoms with E-state index in [-0.39, 0.29) is 36.0 Å². The summed E-state index contributed by atoms with van der Waals surface area (Å²) in [6, 6.07) is 9.91. The number of hydrogen-bond acceptors (Lipinski definition) is 7. The lowest BCUT2D eigenvalue weighted by Gasteiger charge is -2.10. The molecule has 11 heteroatoms. The van der Waals surface area contributed by atoms with Crippen molar-refractivity contribution >= 4 is 40.8 Å². The lowest BCUT2D eigenvalue weighted by molar-refractivity contribution is -0.384. The number of carbonyl (C=O) groups is 3. The van der Waals surface area contributed by atoms with Gasteiger partial charge in [-0.05, 0) is 30.3 Å². The highest BCUT2D eigenvalue weighted by molar-refractivity contribution is 6.30. The molecule has 0 saturated heterocycles. The Labute approximate surface area is 176 Å². The Bertz CT molecular complexity index is 948. The van der Waals surface area contributed by atoms with E-state index in [1.54, 1.807) is 24.3 Å². The van der Waals surface area contributed by atoms with Crippen molar-refractivity contribution in [1.82, 2.24) is 5.32 Å². The number of benzene rings is 2. The van der Waals surface area contributed by atoms with E-state index in [0.29, 0.717) is 10.6 Å². The van der Waals surface area contributed by atoms with E-state index >= 15 is 0 Å². The number of nitrogens with zero attached hydrogens (tertiary/aromatic N) is 1. The molecular formula is C19H18ClN3O7. The third kappa shape index (κ3) is 6.74. The molecule has 0 unspecified atom stereocenters. The lowest BCUT2D eigenvalue weighted by atomic mass is 10.2. The van der Waals surface area contributed by atoms with Crippen LogP contribution in [-0.2, 0) is 14.3 Å². The minimum atomic E-state index is -0.683. The number of nitro groups is 1. The maximum absolute atomic E-state index is 11.9. The Morgan fingerprint density at radius 1 is 1.13 bits per heavy atom. The van der Waals surface area contributed by atoms with Crippen LogP contribution in [0.25, 0.3) is 0 Å². The Balaban J connectivity index is 1.75. The van der Waals surface area contributed by atoms with Gasteiger partial charge in [-0.2, -0.15) is 0 Å². The predicted molar refractivity (Wildman–Crippen MR) is 108 cm³/mol. The number of nitro benzene ring substituents is 1. The first-order chi connectivity index (χ1) is 14.3. The zero-order valence-corrected chi connectivity index (χ0v) is 16.6. The van der Waals surface area contributed by atoms with E-state index in [1.807, 2.05) is 0 Å². The van der Waals surface area contributed by atoms with Gasteiger partial charge in [-0.15, -0.1) is 0 Å². The third-order valence-electron chi connectivity index (χ3n) is 3.76. The fourth-order valence-electron chi connectivity index (χ4n) is 2.28. The van der Waals surface area contributed by atoms with Gasteiger partial charge < -0.3 is 20.1 Å². The molecule has 0 radical (unpaired) electrons. The van der Waals surface area contributed by atoms with Crippen LogP contribution in [-0.4, -0.2) is 43.0 Å². The molecular weight excluding hydrogens is 418 g/mol. The van der Waals surface area contributed by atoms with E-state index in [0.717, 1.165) is 6.07 Å². The molecule has 10 nitrogen and oxygen atoms in total. The van der Waals surface area contributed by atoms with Crippen LogP contribution in [0.15, 0.2) is 42.5 Å². The molecule has 0 aromatic heterocycles. The number of non-ortho nitro benzene ring substituents is 1. The van der Waals surface area contributed by atoms with Crippen LogP contribution in [0.3, 0.4) is 0 Å². The smallest absolute Gasteiger partial charge is 0.308 e. The summed E-state index contributed by atoms with van der Waals surface area (Å²) in [7, 11) is 1.30. The highest BCUT2D eigenvalue weighted by Crippen LogP contribution is 2.28. The summed E-state index contributed by atoms with van der Waals surface area (Å²) in [4.78, 5) is 45.8. The topological polar surface area (TPSA) is 137 Å². The number of methoxy groups -OCH3 is 1. The Kier molecular flexibility index (Phi) is 8.12. The average molecular weight is 436 g/mol. The van der Waals surface area contributed by atoms with Crippen molar-refractivity contribution < 1.29 is 28.8 Å². The number of hydrogen-bond donors (Lipinski definition) is 2. The fraction of sp³-hybridized carbons (Fsp3) is 0.211. The van der Waals surface area contributed by atoms with Crippen molar-refractivity contribution in [3.05, 3.63) is 63.2 Å². The molecule has 0 saturated carbocycles. The molecule has 0 aliphatic heterocycles. The van der Waals surface area contributed by atoms with E-state index in [9.17, 15) is 24.5 Å². The Hall–Kier alpha value is -3.66. The van der Waals surface area contributed by atoms with Gasteiger partial charge in [0.25, 0.3) is 17.5 Å². The molecule has 0 aliphatic rings. The number of carbonyl (C=O) groups excluding carboxylic acids is 3. The summed E-state index contributed by atoms with van der Waals surface area (Å²) >= 11 is 5.75. The van der Waals surface area contributed by atoms with Crippen LogP contribution < -0.4 is 15.4 Å². The molecule has 158 valence electrons. The second kappa shape index (κ2) is 10.8. The van der Waals surface area contributed by atoms with Crippen LogP contribution in [0.2, 0.25) is 5.02 Å². The van der Waals surface area contributed by atoms with Gasteiger partial charge in [0.1, 0.15) is 5.75 Å². The van der Waals surface area contributed by atoms with Crippen LogP contribution in [0, 0.1) is 10.1 Å². The Morgan fingerprint density at radius 3 is 2.47 bits per heavy atom. The molecule has 2 aromatic rings. The van der Waals surface area contributed by atoms with Crippen LogP contribution in [0.5, 0.6) is 5.75 Å². The van der Waals surface area contributed by atoms with E-state index in [4.69, 9.17) is 21.1 Å². The second-order valence-corrected chi connectivity index (χ2v) is 6.30. The zero-order valence-electron chi connectivity index (χ0n) is 15.8. The van der Waals surface area contributed by atoms with Crippen molar-refractivity contribution in [3.63, 3.8) is 0 Å². The molecule has 0 heterocycles. The first-order valence-corrected chi connectivity index (χ1v) is 8.99. The van der Waals surface area contributed by atoms with Crippen LogP contribution >= 0.6 is 11.6 Å². The number of halogens is 1. The first-order valence-electron chi connectivity index (χ1n) is 8.62. The summed E-state index contributed by atoms with van der Waals surface area (Å²) in [5, 5.41) is 16.3. The van der Waals surface area contributed by atoms with Crippen molar-refractivity contribution in [2.75, 3.05) is 25.6 Å². The maximum Gasteiger partial charge on any atom is 0.308 e. The summed E-state index contributed by atoms with van der Waals surface area (Å²) in [6.07, 6.45) is -0.131. The van der Waals surface area contributed by atoms with Crippen LogP contribution in [0.1, 0.15) is 16.8 Å². The minimum Gasteiger partial charge on any atom is -0.494 e. The van der Waals surface area contributed by atoms with Gasteiger partial charge in [-0.3, -0.25) is 24.5 Å². The standard InChI is InChI=1S/C19H18ClN3O7/c1-29-16-10-14(23(27)28)6-7-15(16)22-17(24)11-30-18(25)8-9-21-19(26)12-2-4-13(20)5-3-12/h2-7,10H,8-9,11H2,1H3,(H,21,26)(H,22,24). The molecule has 2 N–H and O–H groups in total. The quantitative estimate of drug-likeness (QED) is 0.350. The largest absolute Gasteiger partial charge is 0.494 e. The molecule has 0 fully saturated rings. The van der Waals surface area contributed by atoms with Gasteiger partial charge in [0.15, 0.2) is 6.61 Å². The number of amides is 2. The van der Waals surface area contributed by atoms with Gasteiger partial charge in [0, 0.05) is 23.2 Å². The molecule has 0 atom stereocenters. The number of anilines is 1. The highest BCUT2D eigenvalue weighted by atomic mass is 35.5. The summed E-state index contributed by atoms with van der Waals surface area (Å²) in [6.45, 7) is -0.539. The van der Waals surface area contributed by atoms with Gasteiger partial charge in [-0.1, -0.05) is 11.6 Å². The molecule has 2 rings (SSSR count). The van der Waals surface area contributed by atoms with E-state index in [1.165, 1.54) is 19.2 Å². The zero-order chi connectivity index (χ0) is 22.1. The van der Waals surface area contributed by atoms with Gasteiger partial charge in [-0.25, -0.2) is 0 Å². The lowest BCUT2D eigenvalue weighted by Crippen LogP contribution is -2.27. The molecule has 0 spiro atoms. The highest BCUT2D eigenvalue weighted by Gasteiger charge is 2.15. The van der Waals surface area contributed by atoms with E-state index in [2.05, 4.69) is 10.6 Å². The molecule has 2 amide bonds. The van der Waals surface area contributed by atoms with E-state index < -0.39 is 23.4 Å². The molecule has 0 aliphatic carbocycles. The number of nitrogens with one attached hydrogen (secondary N) is 2. The predicted octanol–water partition coefficient (Wildman–Crippen LogP) is 2.56.